The Morgan fingerprint density at radius 2 is 1.60 bits per heavy atom. The zero-order chi connectivity index (χ0) is 10.9. The van der Waals surface area contributed by atoms with Crippen LogP contribution in [-0.2, 0) is 9.47 Å². The highest BCUT2D eigenvalue weighted by Crippen LogP contribution is 2.20. The molecule has 2 unspecified atom stereocenters. The van der Waals surface area contributed by atoms with Crippen LogP contribution in [0.2, 0.25) is 0 Å². The van der Waals surface area contributed by atoms with Crippen molar-refractivity contribution in [2.24, 2.45) is 0 Å². The van der Waals surface area contributed by atoms with Crippen LogP contribution in [0.3, 0.4) is 0 Å². The lowest BCUT2D eigenvalue weighted by atomic mass is 10.1. The van der Waals surface area contributed by atoms with Crippen LogP contribution in [0.1, 0.15) is 65.2 Å². The van der Waals surface area contributed by atoms with E-state index in [1.54, 1.807) is 0 Å². The van der Waals surface area contributed by atoms with Crippen molar-refractivity contribution < 1.29 is 9.47 Å². The van der Waals surface area contributed by atoms with Crippen molar-refractivity contribution in [3.63, 3.8) is 0 Å². The molecule has 1 fully saturated rings. The molecule has 0 radical (unpaired) electrons. The number of hydrogen-bond acceptors (Lipinski definition) is 2. The van der Waals surface area contributed by atoms with Gasteiger partial charge in [-0.1, -0.05) is 46.0 Å². The molecule has 0 aromatic carbocycles. The van der Waals surface area contributed by atoms with Gasteiger partial charge in [-0.05, 0) is 19.3 Å². The van der Waals surface area contributed by atoms with E-state index in [1.165, 1.54) is 44.9 Å². The number of unbranched alkanes of at least 4 members (excludes halogenated alkanes) is 4. The van der Waals surface area contributed by atoms with E-state index in [4.69, 9.17) is 9.47 Å². The first-order chi connectivity index (χ1) is 7.36. The predicted octanol–water partition coefficient (Wildman–Crippen LogP) is 3.89. The molecule has 0 spiro atoms. The predicted molar refractivity (Wildman–Crippen MR) is 62.9 cm³/mol. The topological polar surface area (TPSA) is 18.5 Å². The average molecular weight is 214 g/mol. The Labute approximate surface area is 94.3 Å². The Hall–Kier alpha value is -0.0800. The summed E-state index contributed by atoms with van der Waals surface area (Å²) in [6.45, 7) is 5.28. The third kappa shape index (κ3) is 5.53. The first kappa shape index (κ1) is 13.0. The van der Waals surface area contributed by atoms with E-state index < -0.39 is 0 Å². The summed E-state index contributed by atoms with van der Waals surface area (Å²) in [5.74, 6) is 0. The summed E-state index contributed by atoms with van der Waals surface area (Å²) in [6, 6.07) is 0. The van der Waals surface area contributed by atoms with Gasteiger partial charge in [0.15, 0.2) is 6.29 Å². The van der Waals surface area contributed by atoms with Crippen LogP contribution in [0, 0.1) is 0 Å². The fourth-order valence-electron chi connectivity index (χ4n) is 1.99. The molecule has 1 saturated heterocycles. The van der Waals surface area contributed by atoms with E-state index in [0.29, 0.717) is 6.10 Å². The molecule has 0 amide bonds. The minimum Gasteiger partial charge on any atom is -0.350 e. The number of rotatable bonds is 8. The zero-order valence-electron chi connectivity index (χ0n) is 10.3. The number of ether oxygens (including phenoxy) is 2. The van der Waals surface area contributed by atoms with Crippen LogP contribution in [0.5, 0.6) is 0 Å². The van der Waals surface area contributed by atoms with Gasteiger partial charge in [-0.2, -0.15) is 0 Å². The summed E-state index contributed by atoms with van der Waals surface area (Å²) in [7, 11) is 0. The Morgan fingerprint density at radius 3 is 2.27 bits per heavy atom. The molecule has 0 N–H and O–H groups in total. The van der Waals surface area contributed by atoms with Crippen molar-refractivity contribution in [2.75, 3.05) is 6.61 Å². The van der Waals surface area contributed by atoms with Crippen LogP contribution >= 0.6 is 0 Å². The summed E-state index contributed by atoms with van der Waals surface area (Å²) in [6.07, 6.45) is 10.4. The maximum atomic E-state index is 5.83. The van der Waals surface area contributed by atoms with E-state index in [9.17, 15) is 0 Å². The molecule has 90 valence electrons. The van der Waals surface area contributed by atoms with Gasteiger partial charge in [0.2, 0.25) is 0 Å². The minimum absolute atomic E-state index is 0.100. The maximum absolute atomic E-state index is 5.83. The van der Waals surface area contributed by atoms with Gasteiger partial charge in [-0.3, -0.25) is 0 Å². The molecule has 2 atom stereocenters. The summed E-state index contributed by atoms with van der Waals surface area (Å²) < 4.78 is 11.5. The van der Waals surface area contributed by atoms with Crippen LogP contribution < -0.4 is 0 Å². The molecule has 15 heavy (non-hydrogen) atoms. The van der Waals surface area contributed by atoms with E-state index in [1.807, 2.05) is 0 Å². The second-order valence-corrected chi connectivity index (χ2v) is 4.51. The Kier molecular flexibility index (Phi) is 7.03. The molecule has 1 aliphatic rings. The van der Waals surface area contributed by atoms with Crippen LogP contribution in [0.15, 0.2) is 0 Å². The second kappa shape index (κ2) is 8.12. The maximum Gasteiger partial charge on any atom is 0.158 e. The van der Waals surface area contributed by atoms with Crippen molar-refractivity contribution in [1.82, 2.24) is 0 Å². The van der Waals surface area contributed by atoms with Gasteiger partial charge in [0.05, 0.1) is 12.7 Å². The van der Waals surface area contributed by atoms with Gasteiger partial charge in [-0.15, -0.1) is 0 Å². The molecule has 1 aliphatic heterocycles. The normalized spacial score (nSPS) is 26.0. The fourth-order valence-corrected chi connectivity index (χ4v) is 1.99. The molecule has 1 rings (SSSR count). The third-order valence-corrected chi connectivity index (χ3v) is 2.99. The lowest BCUT2D eigenvalue weighted by molar-refractivity contribution is -0.0642. The molecule has 0 saturated carbocycles. The third-order valence-electron chi connectivity index (χ3n) is 2.99. The highest BCUT2D eigenvalue weighted by Gasteiger charge is 2.24. The van der Waals surface area contributed by atoms with Crippen molar-refractivity contribution in [1.29, 1.82) is 0 Å². The molecular weight excluding hydrogens is 188 g/mol. The van der Waals surface area contributed by atoms with Crippen molar-refractivity contribution in [2.45, 2.75) is 77.6 Å². The van der Waals surface area contributed by atoms with E-state index in [0.717, 1.165) is 13.0 Å². The quantitative estimate of drug-likeness (QED) is 0.571. The Balaban J connectivity index is 1.99. The molecule has 2 heteroatoms. The fraction of sp³-hybridized carbons (Fsp3) is 1.00. The highest BCUT2D eigenvalue weighted by molar-refractivity contribution is 4.65. The van der Waals surface area contributed by atoms with Crippen molar-refractivity contribution in [3.05, 3.63) is 0 Å². The van der Waals surface area contributed by atoms with Gasteiger partial charge >= 0.3 is 0 Å². The largest absolute Gasteiger partial charge is 0.350 e. The van der Waals surface area contributed by atoms with Crippen molar-refractivity contribution >= 4 is 0 Å². The Bertz CT molecular complexity index is 131. The summed E-state index contributed by atoms with van der Waals surface area (Å²) >= 11 is 0. The van der Waals surface area contributed by atoms with Gasteiger partial charge in [0, 0.05) is 0 Å². The zero-order valence-corrected chi connectivity index (χ0v) is 10.3. The van der Waals surface area contributed by atoms with E-state index in [-0.39, 0.29) is 6.29 Å². The molecule has 0 aliphatic carbocycles. The minimum atomic E-state index is 0.100. The van der Waals surface area contributed by atoms with E-state index in [2.05, 4.69) is 13.8 Å². The smallest absolute Gasteiger partial charge is 0.158 e. The monoisotopic (exact) mass is 214 g/mol. The standard InChI is InChI=1S/C13H26O2/c1-3-5-7-9-12-11-14-13(15-12)10-8-6-4-2/h12-13H,3-11H2,1-2H3. The van der Waals surface area contributed by atoms with E-state index >= 15 is 0 Å². The molecule has 0 aromatic heterocycles. The van der Waals surface area contributed by atoms with Crippen LogP contribution in [0.25, 0.3) is 0 Å². The molecule has 2 nitrogen and oxygen atoms in total. The Morgan fingerprint density at radius 1 is 0.933 bits per heavy atom. The van der Waals surface area contributed by atoms with Crippen LogP contribution in [0.4, 0.5) is 0 Å². The lowest BCUT2D eigenvalue weighted by Crippen LogP contribution is -2.12. The lowest BCUT2D eigenvalue weighted by Gasteiger charge is -2.10. The summed E-state index contributed by atoms with van der Waals surface area (Å²) in [4.78, 5) is 0. The first-order valence-corrected chi connectivity index (χ1v) is 6.63. The highest BCUT2D eigenvalue weighted by atomic mass is 16.7. The molecule has 0 aromatic rings. The SMILES string of the molecule is CCCCCC1COC(CCCCC)O1. The van der Waals surface area contributed by atoms with Gasteiger partial charge in [0.1, 0.15) is 0 Å². The van der Waals surface area contributed by atoms with Gasteiger partial charge in [0.25, 0.3) is 0 Å². The number of hydrogen-bond donors (Lipinski definition) is 0. The van der Waals surface area contributed by atoms with Crippen LogP contribution in [-0.4, -0.2) is 19.0 Å². The summed E-state index contributed by atoms with van der Waals surface area (Å²) in [5.41, 5.74) is 0. The summed E-state index contributed by atoms with van der Waals surface area (Å²) in [5, 5.41) is 0. The molecule has 0 bridgehead atoms. The van der Waals surface area contributed by atoms with Gasteiger partial charge in [-0.25, -0.2) is 0 Å². The second-order valence-electron chi connectivity index (χ2n) is 4.51. The average Bonchev–Trinajstić information content (AvgIpc) is 2.67. The van der Waals surface area contributed by atoms with Gasteiger partial charge < -0.3 is 9.47 Å². The molecular formula is C13H26O2. The molecule has 1 heterocycles. The van der Waals surface area contributed by atoms with Crippen molar-refractivity contribution in [3.8, 4) is 0 Å². The first-order valence-electron chi connectivity index (χ1n) is 6.63.